The predicted octanol–water partition coefficient (Wildman–Crippen LogP) is 1.06. The van der Waals surface area contributed by atoms with E-state index >= 15 is 0 Å². The van der Waals surface area contributed by atoms with E-state index < -0.39 is 0 Å². The van der Waals surface area contributed by atoms with Crippen molar-refractivity contribution in [2.45, 2.75) is 32.2 Å². The predicted molar refractivity (Wildman–Crippen MR) is 72.4 cm³/mol. The van der Waals surface area contributed by atoms with Crippen LogP contribution in [0.3, 0.4) is 0 Å². The molecule has 6 nitrogen and oxygen atoms in total. The first kappa shape index (κ1) is 12.9. The van der Waals surface area contributed by atoms with E-state index in [4.69, 9.17) is 5.73 Å². The van der Waals surface area contributed by atoms with Gasteiger partial charge in [-0.15, -0.1) is 0 Å². The Hall–Kier alpha value is -1.56. The maximum absolute atomic E-state index is 9.30. The first-order chi connectivity index (χ1) is 8.72. The van der Waals surface area contributed by atoms with Crippen molar-refractivity contribution in [3.05, 3.63) is 6.07 Å². The van der Waals surface area contributed by atoms with Gasteiger partial charge < -0.3 is 21.5 Å². The highest BCUT2D eigenvalue weighted by atomic mass is 16.3. The highest BCUT2D eigenvalue weighted by molar-refractivity contribution is 5.51. The number of nitrogens with zero attached hydrogens (tertiary/aromatic N) is 2. The number of aliphatic hydroxyl groups is 1. The fourth-order valence-electron chi connectivity index (χ4n) is 2.45. The van der Waals surface area contributed by atoms with Crippen LogP contribution >= 0.6 is 0 Å². The van der Waals surface area contributed by atoms with Crippen molar-refractivity contribution in [3.63, 3.8) is 0 Å². The highest BCUT2D eigenvalue weighted by Gasteiger charge is 2.26. The minimum atomic E-state index is 0.221. The second-order valence-corrected chi connectivity index (χ2v) is 4.65. The summed E-state index contributed by atoms with van der Waals surface area (Å²) in [5.74, 6) is 2.02. The van der Waals surface area contributed by atoms with Gasteiger partial charge in [-0.2, -0.15) is 9.97 Å². The van der Waals surface area contributed by atoms with Crippen LogP contribution in [0.5, 0.6) is 0 Å². The zero-order chi connectivity index (χ0) is 13.0. The molecule has 0 spiro atoms. The average Bonchev–Trinajstić information content (AvgIpc) is 2.76. The van der Waals surface area contributed by atoms with Gasteiger partial charge in [-0.25, -0.2) is 0 Å². The molecular weight excluding hydrogens is 230 g/mol. The molecular formula is C12H21N5O. The van der Waals surface area contributed by atoms with E-state index in [1.54, 1.807) is 0 Å². The molecule has 1 fully saturated rings. The average molecular weight is 251 g/mol. The molecule has 100 valence electrons. The van der Waals surface area contributed by atoms with Crippen LogP contribution in [0.1, 0.15) is 26.2 Å². The van der Waals surface area contributed by atoms with E-state index in [0.717, 1.165) is 37.4 Å². The van der Waals surface area contributed by atoms with Gasteiger partial charge in [-0.3, -0.25) is 0 Å². The molecule has 0 bridgehead atoms. The lowest BCUT2D eigenvalue weighted by Crippen LogP contribution is -2.27. The topological polar surface area (TPSA) is 96.1 Å². The number of nitrogen functional groups attached to an aromatic ring is 1. The molecule has 1 aromatic heterocycles. The van der Waals surface area contributed by atoms with Crippen molar-refractivity contribution in [2.75, 3.05) is 29.5 Å². The van der Waals surface area contributed by atoms with E-state index in [2.05, 4.69) is 20.6 Å². The number of nitrogens with one attached hydrogen (secondary N) is 2. The number of hydrogen-bond acceptors (Lipinski definition) is 6. The second kappa shape index (κ2) is 5.86. The fraction of sp³-hybridized carbons (Fsp3) is 0.667. The molecule has 0 aromatic carbocycles. The van der Waals surface area contributed by atoms with Crippen LogP contribution in [0, 0.1) is 5.92 Å². The lowest BCUT2D eigenvalue weighted by Gasteiger charge is -2.20. The van der Waals surface area contributed by atoms with Gasteiger partial charge in [0.25, 0.3) is 0 Å². The first-order valence-corrected chi connectivity index (χ1v) is 6.48. The van der Waals surface area contributed by atoms with Crippen LogP contribution in [0.25, 0.3) is 0 Å². The van der Waals surface area contributed by atoms with E-state index in [1.165, 1.54) is 0 Å². The molecule has 2 rings (SSSR count). The highest BCUT2D eigenvalue weighted by Crippen LogP contribution is 2.28. The van der Waals surface area contributed by atoms with Crippen LogP contribution in [-0.4, -0.2) is 34.3 Å². The largest absolute Gasteiger partial charge is 0.396 e. The Kier molecular flexibility index (Phi) is 4.19. The summed E-state index contributed by atoms with van der Waals surface area (Å²) in [7, 11) is 0. The Morgan fingerprint density at radius 3 is 2.89 bits per heavy atom. The fourth-order valence-corrected chi connectivity index (χ4v) is 2.45. The molecule has 0 radical (unpaired) electrons. The monoisotopic (exact) mass is 251 g/mol. The number of aliphatic hydroxyl groups excluding tert-OH is 1. The van der Waals surface area contributed by atoms with Gasteiger partial charge in [-0.1, -0.05) is 6.42 Å². The zero-order valence-corrected chi connectivity index (χ0v) is 10.7. The quantitative estimate of drug-likeness (QED) is 0.625. The molecule has 2 atom stereocenters. The Morgan fingerprint density at radius 1 is 1.39 bits per heavy atom. The molecule has 6 heteroatoms. The lowest BCUT2D eigenvalue weighted by atomic mass is 10.1. The molecule has 0 amide bonds. The number of rotatable bonds is 5. The van der Waals surface area contributed by atoms with Gasteiger partial charge in [0.2, 0.25) is 5.95 Å². The number of nitrogens with two attached hydrogens (primary N) is 1. The Balaban J connectivity index is 2.08. The molecule has 1 heterocycles. The summed E-state index contributed by atoms with van der Waals surface area (Å²) in [5, 5.41) is 15.8. The van der Waals surface area contributed by atoms with Gasteiger partial charge in [0.15, 0.2) is 0 Å². The van der Waals surface area contributed by atoms with Crippen molar-refractivity contribution in [2.24, 2.45) is 5.92 Å². The zero-order valence-electron chi connectivity index (χ0n) is 10.7. The molecule has 0 saturated heterocycles. The Morgan fingerprint density at radius 2 is 2.17 bits per heavy atom. The van der Waals surface area contributed by atoms with Crippen LogP contribution in [0.15, 0.2) is 6.07 Å². The molecule has 18 heavy (non-hydrogen) atoms. The first-order valence-electron chi connectivity index (χ1n) is 6.48. The van der Waals surface area contributed by atoms with E-state index in [9.17, 15) is 5.11 Å². The van der Waals surface area contributed by atoms with Crippen LogP contribution in [0.4, 0.5) is 17.6 Å². The number of aromatic nitrogens is 2. The molecule has 2 unspecified atom stereocenters. The molecule has 0 aliphatic heterocycles. The van der Waals surface area contributed by atoms with Crippen molar-refractivity contribution in [1.82, 2.24) is 9.97 Å². The maximum atomic E-state index is 9.30. The van der Waals surface area contributed by atoms with Gasteiger partial charge >= 0.3 is 0 Å². The van der Waals surface area contributed by atoms with Crippen LogP contribution < -0.4 is 16.4 Å². The second-order valence-electron chi connectivity index (χ2n) is 4.65. The van der Waals surface area contributed by atoms with Gasteiger partial charge in [0.05, 0.1) is 0 Å². The van der Waals surface area contributed by atoms with Crippen molar-refractivity contribution >= 4 is 17.6 Å². The molecule has 1 aliphatic rings. The Labute approximate surface area is 107 Å². The maximum Gasteiger partial charge on any atom is 0.223 e. The third-order valence-electron chi connectivity index (χ3n) is 3.33. The minimum absolute atomic E-state index is 0.221. The smallest absolute Gasteiger partial charge is 0.223 e. The van der Waals surface area contributed by atoms with E-state index in [1.807, 2.05) is 13.0 Å². The summed E-state index contributed by atoms with van der Waals surface area (Å²) >= 11 is 0. The normalized spacial score (nSPS) is 23.0. The third-order valence-corrected chi connectivity index (χ3v) is 3.33. The summed E-state index contributed by atoms with van der Waals surface area (Å²) in [6.07, 6.45) is 3.27. The molecule has 1 aliphatic carbocycles. The standard InChI is InChI=1S/C12H21N5O/c1-2-14-10-6-11(17-12(13)16-10)15-9-5-3-4-8(9)7-18/h6,8-9,18H,2-5,7H2,1H3,(H4,13,14,15,16,17). The summed E-state index contributed by atoms with van der Waals surface area (Å²) in [5.41, 5.74) is 5.68. The van der Waals surface area contributed by atoms with E-state index in [-0.39, 0.29) is 18.6 Å². The van der Waals surface area contributed by atoms with Gasteiger partial charge in [0.1, 0.15) is 11.6 Å². The number of hydrogen-bond donors (Lipinski definition) is 4. The summed E-state index contributed by atoms with van der Waals surface area (Å²) in [6, 6.07) is 2.13. The summed E-state index contributed by atoms with van der Waals surface area (Å²) in [6.45, 7) is 3.01. The number of anilines is 3. The summed E-state index contributed by atoms with van der Waals surface area (Å²) in [4.78, 5) is 8.29. The Bertz CT molecular complexity index is 398. The summed E-state index contributed by atoms with van der Waals surface area (Å²) < 4.78 is 0. The molecule has 1 saturated carbocycles. The lowest BCUT2D eigenvalue weighted by molar-refractivity contribution is 0.222. The van der Waals surface area contributed by atoms with Gasteiger partial charge in [0, 0.05) is 31.2 Å². The third kappa shape index (κ3) is 3.01. The van der Waals surface area contributed by atoms with Gasteiger partial charge in [-0.05, 0) is 19.8 Å². The molecule has 5 N–H and O–H groups in total. The SMILES string of the molecule is CCNc1cc(NC2CCCC2CO)nc(N)n1. The van der Waals surface area contributed by atoms with Crippen LogP contribution in [-0.2, 0) is 0 Å². The van der Waals surface area contributed by atoms with Crippen molar-refractivity contribution in [3.8, 4) is 0 Å². The molecule has 1 aromatic rings. The van der Waals surface area contributed by atoms with Crippen LogP contribution in [0.2, 0.25) is 0 Å². The van der Waals surface area contributed by atoms with Crippen molar-refractivity contribution < 1.29 is 5.11 Å². The van der Waals surface area contributed by atoms with Crippen molar-refractivity contribution in [1.29, 1.82) is 0 Å². The van der Waals surface area contributed by atoms with E-state index in [0.29, 0.717) is 5.92 Å². The minimum Gasteiger partial charge on any atom is -0.396 e.